The van der Waals surface area contributed by atoms with E-state index in [9.17, 15) is 24.3 Å². The second-order valence-electron chi connectivity index (χ2n) is 13.6. The first-order valence-corrected chi connectivity index (χ1v) is 19.3. The van der Waals surface area contributed by atoms with Gasteiger partial charge in [-0.3, -0.25) is 4.79 Å². The van der Waals surface area contributed by atoms with Crippen LogP contribution in [0, 0.1) is 11.8 Å². The van der Waals surface area contributed by atoms with Crippen LogP contribution in [0.25, 0.3) is 0 Å². The van der Waals surface area contributed by atoms with Crippen LogP contribution in [0.2, 0.25) is 25.7 Å². The smallest absolute Gasteiger partial charge is 0.408 e. The molecule has 248 valence electrons. The van der Waals surface area contributed by atoms with Crippen LogP contribution in [0.5, 0.6) is 5.75 Å². The number of aromatic hydroxyl groups is 1. The number of phenolic OH excluding ortho intramolecular Hbond substituents is 1. The molecule has 11 heteroatoms. The number of esters is 2. The van der Waals surface area contributed by atoms with Crippen molar-refractivity contribution in [3.05, 3.63) is 65.2 Å². The summed E-state index contributed by atoms with van der Waals surface area (Å²) in [6.07, 6.45) is 0.355. The van der Waals surface area contributed by atoms with E-state index in [1.807, 2.05) is 58.0 Å². The molecule has 0 aliphatic rings. The summed E-state index contributed by atoms with van der Waals surface area (Å²) in [5.74, 6) is -2.28. The first-order chi connectivity index (χ1) is 21.1. The van der Waals surface area contributed by atoms with Gasteiger partial charge < -0.3 is 30.9 Å². The molecular weight excluding hydrogens is 590 g/mol. The highest BCUT2D eigenvalue weighted by Crippen LogP contribution is 2.26. The molecule has 45 heavy (non-hydrogen) atoms. The highest BCUT2D eigenvalue weighted by molar-refractivity contribution is 6.76. The van der Waals surface area contributed by atoms with Crippen LogP contribution >= 0.6 is 0 Å². The van der Waals surface area contributed by atoms with Gasteiger partial charge in [-0.25, -0.2) is 14.4 Å². The van der Waals surface area contributed by atoms with Gasteiger partial charge in [0.1, 0.15) is 30.5 Å². The van der Waals surface area contributed by atoms with Gasteiger partial charge in [0.2, 0.25) is 5.91 Å². The summed E-state index contributed by atoms with van der Waals surface area (Å²) in [6.45, 7) is 14.3. The van der Waals surface area contributed by atoms with Gasteiger partial charge in [0.05, 0.1) is 0 Å². The molecule has 0 heterocycles. The van der Waals surface area contributed by atoms with Crippen LogP contribution in [0.15, 0.2) is 48.5 Å². The Hall–Kier alpha value is -3.70. The average molecular weight is 642 g/mol. The van der Waals surface area contributed by atoms with Crippen molar-refractivity contribution in [3.8, 4) is 5.75 Å². The Kier molecular flexibility index (Phi) is 14.7. The van der Waals surface area contributed by atoms with Gasteiger partial charge in [-0.15, -0.1) is 0 Å². The predicted octanol–water partition coefficient (Wildman–Crippen LogP) is 5.08. The van der Waals surface area contributed by atoms with Gasteiger partial charge in [-0.1, -0.05) is 95.8 Å². The zero-order chi connectivity index (χ0) is 33.7. The van der Waals surface area contributed by atoms with Gasteiger partial charge >= 0.3 is 18.0 Å². The first kappa shape index (κ1) is 37.5. The van der Waals surface area contributed by atoms with E-state index in [0.717, 1.165) is 11.6 Å². The fourth-order valence-corrected chi connectivity index (χ4v) is 5.75. The van der Waals surface area contributed by atoms with E-state index < -0.39 is 50.1 Å². The summed E-state index contributed by atoms with van der Waals surface area (Å²) >= 11 is 0. The van der Waals surface area contributed by atoms with E-state index in [-0.39, 0.29) is 37.0 Å². The minimum absolute atomic E-state index is 0.00965. The number of hydrogen-bond donors (Lipinski definition) is 4. The van der Waals surface area contributed by atoms with Gasteiger partial charge in [0.15, 0.2) is 0 Å². The maximum atomic E-state index is 13.6. The fourth-order valence-electron chi connectivity index (χ4n) is 4.75. The van der Waals surface area contributed by atoms with Crippen molar-refractivity contribution in [2.45, 2.75) is 104 Å². The zero-order valence-electron chi connectivity index (χ0n) is 27.7. The van der Waals surface area contributed by atoms with Crippen LogP contribution in [0.4, 0.5) is 4.79 Å². The van der Waals surface area contributed by atoms with Crippen LogP contribution in [0.1, 0.15) is 57.2 Å². The fraction of sp³-hybridized carbons (Fsp3) is 0.529. The molecule has 0 aromatic heterocycles. The van der Waals surface area contributed by atoms with E-state index in [4.69, 9.17) is 15.2 Å². The lowest BCUT2D eigenvalue weighted by atomic mass is 9.97. The Morgan fingerprint density at radius 2 is 1.49 bits per heavy atom. The van der Waals surface area contributed by atoms with Crippen molar-refractivity contribution in [2.75, 3.05) is 0 Å². The quantitative estimate of drug-likeness (QED) is 0.112. The number of rotatable bonds is 16. The summed E-state index contributed by atoms with van der Waals surface area (Å²) in [6, 6.07) is 11.7. The number of nitrogens with one attached hydrogen (secondary N) is 2. The molecule has 0 aliphatic carbocycles. The molecule has 1 unspecified atom stereocenters. The van der Waals surface area contributed by atoms with Crippen LogP contribution in [-0.2, 0) is 43.3 Å². The standard InChI is InChI=1S/C34H51N3O7Si/c1-22(2)18-27(35)32(40)44-33(41)29(20-25-14-11-15-30(38)26(25)16-17-45(5,6)7)36-31(39)28(19-23(3)4)37-34(42)43-21-24-12-9-8-10-13-24/h8-15,22-23,27-29,38H,16-21,35H2,1-7H3,(H,36,39)(H,37,42)/t27?,28-,29+/m1/s1. The SMILES string of the molecule is CC(C)CC(N)C(=O)OC(=O)[C@H](Cc1cccc(O)c1CC[Si](C)(C)C)NC(=O)[C@@H](CC(C)C)NC(=O)OCc1ccccc1. The predicted molar refractivity (Wildman–Crippen MR) is 177 cm³/mol. The Morgan fingerprint density at radius 3 is 2.09 bits per heavy atom. The number of benzene rings is 2. The van der Waals surface area contributed by atoms with Crippen LogP contribution in [-0.4, -0.2) is 55.2 Å². The Bertz CT molecular complexity index is 1280. The number of carbonyl (C=O) groups is 4. The maximum absolute atomic E-state index is 13.6. The Balaban J connectivity index is 2.31. The Labute approximate surface area is 268 Å². The van der Waals surface area contributed by atoms with E-state index in [1.54, 1.807) is 18.2 Å². The lowest BCUT2D eigenvalue weighted by Gasteiger charge is -2.25. The molecule has 10 nitrogen and oxygen atoms in total. The normalized spacial score (nSPS) is 13.6. The second kappa shape index (κ2) is 17.7. The zero-order valence-corrected chi connectivity index (χ0v) is 28.7. The van der Waals surface area contributed by atoms with Gasteiger partial charge in [0, 0.05) is 14.5 Å². The molecule has 3 atom stereocenters. The van der Waals surface area contributed by atoms with Gasteiger partial charge in [0.25, 0.3) is 0 Å². The largest absolute Gasteiger partial charge is 0.508 e. The molecular formula is C34H51N3O7Si. The van der Waals surface area contributed by atoms with Crippen molar-refractivity contribution in [1.82, 2.24) is 10.6 Å². The molecule has 2 aromatic carbocycles. The molecule has 0 fully saturated rings. The number of carbonyl (C=O) groups excluding carboxylic acids is 4. The van der Waals surface area contributed by atoms with E-state index in [0.29, 0.717) is 24.0 Å². The molecule has 0 bridgehead atoms. The summed E-state index contributed by atoms with van der Waals surface area (Å²) in [5.41, 5.74) is 8.08. The van der Waals surface area contributed by atoms with Crippen molar-refractivity contribution < 1.29 is 33.8 Å². The van der Waals surface area contributed by atoms with Crippen molar-refractivity contribution in [1.29, 1.82) is 0 Å². The van der Waals surface area contributed by atoms with E-state index >= 15 is 0 Å². The first-order valence-electron chi connectivity index (χ1n) is 15.6. The molecule has 5 N–H and O–H groups in total. The number of phenols is 1. The van der Waals surface area contributed by atoms with Crippen LogP contribution in [0.3, 0.4) is 0 Å². The third-order valence-electron chi connectivity index (χ3n) is 7.16. The number of ether oxygens (including phenoxy) is 2. The minimum atomic E-state index is -1.48. The molecule has 0 aliphatic heterocycles. The molecule has 0 spiro atoms. The van der Waals surface area contributed by atoms with Gasteiger partial charge in [-0.05, 0) is 53.9 Å². The molecule has 0 radical (unpaired) electrons. The molecule has 2 rings (SSSR count). The molecule has 2 aromatic rings. The average Bonchev–Trinajstić information content (AvgIpc) is 2.94. The summed E-state index contributed by atoms with van der Waals surface area (Å²) < 4.78 is 10.5. The topological polar surface area (TPSA) is 157 Å². The van der Waals surface area contributed by atoms with Gasteiger partial charge in [-0.2, -0.15) is 0 Å². The van der Waals surface area contributed by atoms with Crippen LogP contribution < -0.4 is 16.4 Å². The summed E-state index contributed by atoms with van der Waals surface area (Å²) in [5, 5.41) is 16.0. The minimum Gasteiger partial charge on any atom is -0.508 e. The van der Waals surface area contributed by atoms with E-state index in [1.165, 1.54) is 0 Å². The lowest BCUT2D eigenvalue weighted by Crippen LogP contribution is -2.53. The monoisotopic (exact) mass is 641 g/mol. The summed E-state index contributed by atoms with van der Waals surface area (Å²) in [4.78, 5) is 52.4. The van der Waals surface area contributed by atoms with E-state index in [2.05, 4.69) is 30.3 Å². The molecule has 0 saturated heterocycles. The Morgan fingerprint density at radius 1 is 0.844 bits per heavy atom. The highest BCUT2D eigenvalue weighted by Gasteiger charge is 2.32. The molecule has 2 amide bonds. The lowest BCUT2D eigenvalue weighted by molar-refractivity contribution is -0.163. The van der Waals surface area contributed by atoms with Crippen molar-refractivity contribution in [3.63, 3.8) is 0 Å². The van der Waals surface area contributed by atoms with Crippen molar-refractivity contribution >= 4 is 32.0 Å². The molecule has 0 saturated carbocycles. The summed E-state index contributed by atoms with van der Waals surface area (Å²) in [7, 11) is -1.48. The maximum Gasteiger partial charge on any atom is 0.408 e. The second-order valence-corrected chi connectivity index (χ2v) is 19.2. The number of amides is 2. The highest BCUT2D eigenvalue weighted by atomic mass is 28.3. The van der Waals surface area contributed by atoms with Crippen molar-refractivity contribution in [2.24, 2.45) is 17.6 Å². The number of nitrogens with two attached hydrogens (primary N) is 1. The number of alkyl carbamates (subject to hydrolysis) is 1. The third kappa shape index (κ3) is 13.9. The number of hydrogen-bond acceptors (Lipinski definition) is 8. The third-order valence-corrected chi connectivity index (χ3v) is 8.91.